The van der Waals surface area contributed by atoms with Crippen molar-refractivity contribution in [2.24, 2.45) is 0 Å². The molecule has 2 aliphatic heterocycles. The fraction of sp³-hybridized carbons (Fsp3) is 0.385. The molecule has 4 amide bonds. The Morgan fingerprint density at radius 1 is 1.05 bits per heavy atom. The predicted octanol–water partition coefficient (Wildman–Crippen LogP) is 2.43. The van der Waals surface area contributed by atoms with Crippen LogP contribution in [0.4, 0.5) is 14.9 Å². The number of likely N-dealkylation sites (tertiary alicyclic amines) is 1. The Balaban J connectivity index is 1.29. The van der Waals surface area contributed by atoms with Gasteiger partial charge in [-0.1, -0.05) is 0 Å². The third kappa shape index (κ3) is 5.99. The normalized spacial score (nSPS) is 15.8. The van der Waals surface area contributed by atoms with E-state index in [4.69, 9.17) is 4.74 Å². The highest BCUT2D eigenvalue weighted by atomic mass is 19.1. The van der Waals surface area contributed by atoms with Gasteiger partial charge in [0.15, 0.2) is 0 Å². The van der Waals surface area contributed by atoms with E-state index in [9.17, 15) is 23.6 Å². The summed E-state index contributed by atoms with van der Waals surface area (Å²) in [4.78, 5) is 53.1. The van der Waals surface area contributed by atoms with E-state index in [0.717, 1.165) is 36.2 Å². The van der Waals surface area contributed by atoms with Gasteiger partial charge in [0.2, 0.25) is 5.91 Å². The number of esters is 1. The second kappa shape index (κ2) is 11.3. The lowest BCUT2D eigenvalue weighted by molar-refractivity contribution is -0.131. The molecule has 1 saturated heterocycles. The summed E-state index contributed by atoms with van der Waals surface area (Å²) in [5.74, 6) is -1.75. The fourth-order valence-corrected chi connectivity index (χ4v) is 4.66. The first kappa shape index (κ1) is 25.9. The van der Waals surface area contributed by atoms with Gasteiger partial charge in [-0.25, -0.2) is 14.0 Å². The molecule has 0 aliphatic carbocycles. The van der Waals surface area contributed by atoms with Gasteiger partial charge in [0.25, 0.3) is 5.91 Å². The van der Waals surface area contributed by atoms with Crippen molar-refractivity contribution in [2.75, 3.05) is 45.7 Å². The summed E-state index contributed by atoms with van der Waals surface area (Å²) in [5, 5.41) is 5.45. The summed E-state index contributed by atoms with van der Waals surface area (Å²) < 4.78 is 23.7. The van der Waals surface area contributed by atoms with E-state index in [1.165, 1.54) is 6.07 Å². The smallest absolute Gasteiger partial charge is 0.337 e. The number of halogens is 1. The Hall–Kier alpha value is -4.15. The van der Waals surface area contributed by atoms with Crippen molar-refractivity contribution >= 4 is 29.5 Å². The van der Waals surface area contributed by atoms with E-state index in [2.05, 4.69) is 15.4 Å². The van der Waals surface area contributed by atoms with Gasteiger partial charge in [-0.15, -0.1) is 0 Å². The van der Waals surface area contributed by atoms with Crippen LogP contribution in [0.2, 0.25) is 0 Å². The van der Waals surface area contributed by atoms with E-state index in [0.29, 0.717) is 38.9 Å². The Labute approximate surface area is 213 Å². The number of methoxy groups -OCH3 is 2. The monoisotopic (exact) mass is 512 g/mol. The molecule has 10 nitrogen and oxygen atoms in total. The topological polar surface area (TPSA) is 117 Å². The maximum absolute atomic E-state index is 13.8. The van der Waals surface area contributed by atoms with Crippen LogP contribution in [-0.4, -0.2) is 80.1 Å². The highest BCUT2D eigenvalue weighted by Gasteiger charge is 2.31. The number of ether oxygens (including phenoxy) is 2. The molecule has 0 aromatic heterocycles. The number of carbonyl (C=O) groups is 4. The van der Waals surface area contributed by atoms with Crippen LogP contribution >= 0.6 is 0 Å². The minimum Gasteiger partial charge on any atom is -0.497 e. The van der Waals surface area contributed by atoms with Gasteiger partial charge in [0.05, 0.1) is 26.3 Å². The van der Waals surface area contributed by atoms with Crippen molar-refractivity contribution < 1.29 is 33.0 Å². The molecule has 2 aliphatic rings. The van der Waals surface area contributed by atoms with Gasteiger partial charge in [-0.05, 0) is 61.2 Å². The molecule has 4 rings (SSSR count). The second-order valence-electron chi connectivity index (χ2n) is 8.91. The minimum absolute atomic E-state index is 0.0149. The molecular weight excluding hydrogens is 483 g/mol. The summed E-state index contributed by atoms with van der Waals surface area (Å²) in [6, 6.07) is 8.56. The number of anilines is 1. The van der Waals surface area contributed by atoms with Gasteiger partial charge in [-0.2, -0.15) is 0 Å². The van der Waals surface area contributed by atoms with E-state index < -0.39 is 17.7 Å². The van der Waals surface area contributed by atoms with Crippen molar-refractivity contribution in [3.63, 3.8) is 0 Å². The number of hydrogen-bond acceptors (Lipinski definition) is 6. The molecule has 0 atom stereocenters. The van der Waals surface area contributed by atoms with Crippen LogP contribution in [-0.2, 0) is 16.0 Å². The Bertz CT molecular complexity index is 1210. The van der Waals surface area contributed by atoms with Crippen LogP contribution in [0.1, 0.15) is 39.1 Å². The molecule has 0 spiro atoms. The molecule has 2 aromatic carbocycles. The Kier molecular flexibility index (Phi) is 7.90. The van der Waals surface area contributed by atoms with Gasteiger partial charge >= 0.3 is 12.0 Å². The zero-order valence-corrected chi connectivity index (χ0v) is 20.7. The molecule has 37 heavy (non-hydrogen) atoms. The molecule has 196 valence electrons. The van der Waals surface area contributed by atoms with Gasteiger partial charge in [0.1, 0.15) is 11.6 Å². The number of piperidine rings is 1. The molecule has 1 fully saturated rings. The van der Waals surface area contributed by atoms with Crippen molar-refractivity contribution in [3.8, 4) is 5.75 Å². The molecule has 0 radical (unpaired) electrons. The number of carbonyl (C=O) groups excluding carboxylic acids is 4. The molecule has 0 bridgehead atoms. The number of hydrogen-bond donors (Lipinski definition) is 2. The first-order chi connectivity index (χ1) is 17.8. The van der Waals surface area contributed by atoms with E-state index in [-0.39, 0.29) is 35.7 Å². The molecule has 2 heterocycles. The average Bonchev–Trinajstić information content (AvgIpc) is 3.08. The van der Waals surface area contributed by atoms with Gasteiger partial charge < -0.3 is 29.9 Å². The fourth-order valence-electron chi connectivity index (χ4n) is 4.66. The number of amides is 4. The van der Waals surface area contributed by atoms with Crippen molar-refractivity contribution in [1.82, 2.24) is 15.1 Å². The average molecular weight is 513 g/mol. The Morgan fingerprint density at radius 3 is 2.49 bits per heavy atom. The minimum atomic E-state index is -0.769. The highest BCUT2D eigenvalue weighted by Crippen LogP contribution is 2.27. The van der Waals surface area contributed by atoms with E-state index >= 15 is 0 Å². The van der Waals surface area contributed by atoms with Crippen LogP contribution < -0.4 is 15.4 Å². The van der Waals surface area contributed by atoms with E-state index in [1.807, 2.05) is 23.1 Å². The lowest BCUT2D eigenvalue weighted by Gasteiger charge is -2.38. The second-order valence-corrected chi connectivity index (χ2v) is 8.91. The number of nitrogens with one attached hydrogen (secondary N) is 2. The molecule has 0 unspecified atom stereocenters. The first-order valence-electron chi connectivity index (χ1n) is 12.0. The van der Waals surface area contributed by atoms with E-state index in [1.54, 1.807) is 12.0 Å². The first-order valence-corrected chi connectivity index (χ1v) is 12.0. The standard InChI is InChI=1S/C26H29FN4O6/c1-36-21-3-4-22-16(14-21)5-10-31(26(35)29-22)20-6-8-30(9-7-20)23(32)15-28-24(33)17-11-18(25(34)37-2)13-19(27)12-17/h3-4,11-14,20H,5-10,15H2,1-2H3,(H,28,33)(H,29,35). The lowest BCUT2D eigenvalue weighted by atomic mass is 10.0. The van der Waals surface area contributed by atoms with Crippen LogP contribution in [0.15, 0.2) is 36.4 Å². The summed E-state index contributed by atoms with van der Waals surface area (Å²) in [6.07, 6.45) is 1.91. The van der Waals surface area contributed by atoms with Crippen molar-refractivity contribution in [2.45, 2.75) is 25.3 Å². The van der Waals surface area contributed by atoms with Gasteiger partial charge in [0, 0.05) is 36.9 Å². The molecule has 2 aromatic rings. The zero-order chi connectivity index (χ0) is 26.5. The number of nitrogens with zero attached hydrogens (tertiary/aromatic N) is 2. The molecule has 2 N–H and O–H groups in total. The van der Waals surface area contributed by atoms with Gasteiger partial charge in [-0.3, -0.25) is 9.59 Å². The van der Waals surface area contributed by atoms with Crippen LogP contribution in [0.5, 0.6) is 5.75 Å². The summed E-state index contributed by atoms with van der Waals surface area (Å²) in [7, 11) is 2.76. The number of fused-ring (bicyclic) bond motifs is 1. The molecular formula is C26H29FN4O6. The van der Waals surface area contributed by atoms with Crippen LogP contribution in [0, 0.1) is 5.82 Å². The summed E-state index contributed by atoms with van der Waals surface area (Å²) in [6.45, 7) is 1.17. The lowest BCUT2D eigenvalue weighted by Crippen LogP contribution is -2.51. The van der Waals surface area contributed by atoms with Crippen LogP contribution in [0.25, 0.3) is 0 Å². The SMILES string of the molecule is COC(=O)c1cc(F)cc(C(=O)NCC(=O)N2CCC(N3CCc4cc(OC)ccc4NC3=O)CC2)c1. The maximum atomic E-state index is 13.8. The predicted molar refractivity (Wildman–Crippen MR) is 132 cm³/mol. The largest absolute Gasteiger partial charge is 0.497 e. The molecule has 11 heteroatoms. The number of rotatable bonds is 6. The Morgan fingerprint density at radius 2 is 1.78 bits per heavy atom. The summed E-state index contributed by atoms with van der Waals surface area (Å²) >= 11 is 0. The summed E-state index contributed by atoms with van der Waals surface area (Å²) in [5.41, 5.74) is 1.60. The number of urea groups is 1. The van der Waals surface area contributed by atoms with Crippen LogP contribution in [0.3, 0.4) is 0 Å². The zero-order valence-electron chi connectivity index (χ0n) is 20.7. The number of benzene rings is 2. The third-order valence-corrected chi connectivity index (χ3v) is 6.68. The quantitative estimate of drug-likeness (QED) is 0.575. The highest BCUT2D eigenvalue weighted by molar-refractivity contribution is 5.99. The maximum Gasteiger partial charge on any atom is 0.337 e. The van der Waals surface area contributed by atoms with Crippen molar-refractivity contribution in [3.05, 3.63) is 58.9 Å². The van der Waals surface area contributed by atoms with Crippen molar-refractivity contribution in [1.29, 1.82) is 0 Å². The molecule has 0 saturated carbocycles. The third-order valence-electron chi connectivity index (χ3n) is 6.68.